The number of Topliss-reactive ketones (excluding diaryl/α,β-unsaturated/α-hetero) is 4. The number of hydrogen-bond acceptors (Lipinski definition) is 9. The molecule has 10 nitrogen and oxygen atoms in total. The van der Waals surface area contributed by atoms with Crippen molar-refractivity contribution in [2.45, 2.75) is 44.2 Å². The van der Waals surface area contributed by atoms with Gasteiger partial charge in [-0.3, -0.25) is 28.9 Å². The molecule has 10 heteroatoms. The van der Waals surface area contributed by atoms with Crippen LogP contribution in [0.4, 0.5) is 5.69 Å². The second kappa shape index (κ2) is 10.4. The van der Waals surface area contributed by atoms with Crippen LogP contribution in [-0.4, -0.2) is 84.0 Å². The Morgan fingerprint density at radius 1 is 1.07 bits per heavy atom. The van der Waals surface area contributed by atoms with Crippen molar-refractivity contribution in [3.63, 3.8) is 0 Å². The largest absolute Gasteiger partial charge is 0.507 e. The van der Waals surface area contributed by atoms with Gasteiger partial charge < -0.3 is 20.8 Å². The molecule has 2 saturated carbocycles. The number of amides is 1. The second-order valence-corrected chi connectivity index (χ2v) is 12.3. The number of nitrogens with two attached hydrogens (primary N) is 1. The number of aliphatic hydroxyl groups is 1. The Morgan fingerprint density at radius 2 is 1.76 bits per heavy atom. The summed E-state index contributed by atoms with van der Waals surface area (Å²) in [5.74, 6) is -10.5. The average molecular weight is 576 g/mol. The van der Waals surface area contributed by atoms with Crippen molar-refractivity contribution in [3.8, 4) is 16.9 Å². The Bertz CT molecular complexity index is 1530. The first-order chi connectivity index (χ1) is 19.7. The van der Waals surface area contributed by atoms with Crippen molar-refractivity contribution in [2.24, 2.45) is 29.4 Å². The van der Waals surface area contributed by atoms with Crippen molar-refractivity contribution < 1.29 is 34.2 Å². The van der Waals surface area contributed by atoms with Gasteiger partial charge in [-0.2, -0.15) is 0 Å². The van der Waals surface area contributed by atoms with Crippen LogP contribution in [-0.2, 0) is 32.0 Å². The first kappa shape index (κ1) is 29.6. The summed E-state index contributed by atoms with van der Waals surface area (Å²) in [4.78, 5) is 70.7. The van der Waals surface area contributed by atoms with Crippen molar-refractivity contribution in [1.82, 2.24) is 4.90 Å². The fourth-order valence-electron chi connectivity index (χ4n) is 7.45. The third-order valence-corrected chi connectivity index (χ3v) is 9.30. The number of rotatable bonds is 6. The number of nitrogens with zero attached hydrogens (tertiary/aromatic N) is 2. The van der Waals surface area contributed by atoms with Gasteiger partial charge in [0.05, 0.1) is 17.5 Å². The lowest BCUT2D eigenvalue weighted by Crippen LogP contribution is -2.74. The predicted octanol–water partition coefficient (Wildman–Crippen LogP) is 1.55. The minimum Gasteiger partial charge on any atom is -0.507 e. The third-order valence-electron chi connectivity index (χ3n) is 9.30. The number of phenolic OH excluding ortho intramolecular Hbond substituents is 1. The van der Waals surface area contributed by atoms with E-state index in [2.05, 4.69) is 6.92 Å². The number of benzene rings is 2. The Balaban J connectivity index is 1.68. The number of primary amides is 1. The summed E-state index contributed by atoms with van der Waals surface area (Å²) in [6.07, 6.45) is 2.00. The molecule has 6 atom stereocenters. The zero-order chi connectivity index (χ0) is 30.8. The SMILES string of the molecule is CCCc1cccc(-c2cc(N(C)C)c3c(c2O)C(=O)C2C(=O)[C@]4(O)C(=O)C(C(N)=O)C(=O)[C@@H](N(C)C)[C@@H]4C[C@@H]2C3)c1. The predicted molar refractivity (Wildman–Crippen MR) is 155 cm³/mol. The number of anilines is 1. The molecule has 1 amide bonds. The molecule has 5 rings (SSSR count). The molecule has 2 aromatic carbocycles. The van der Waals surface area contributed by atoms with Crippen LogP contribution in [0.25, 0.3) is 11.1 Å². The van der Waals surface area contributed by atoms with Gasteiger partial charge in [0.2, 0.25) is 5.91 Å². The van der Waals surface area contributed by atoms with E-state index in [4.69, 9.17) is 5.73 Å². The molecule has 0 aromatic heterocycles. The molecule has 2 fully saturated rings. The zero-order valence-corrected chi connectivity index (χ0v) is 24.5. The van der Waals surface area contributed by atoms with Crippen LogP contribution in [0.3, 0.4) is 0 Å². The molecule has 0 radical (unpaired) electrons. The first-order valence-corrected chi connectivity index (χ1v) is 14.3. The van der Waals surface area contributed by atoms with Gasteiger partial charge in [-0.1, -0.05) is 37.6 Å². The maximum absolute atomic E-state index is 14.2. The lowest BCUT2D eigenvalue weighted by molar-refractivity contribution is -0.181. The van der Waals surface area contributed by atoms with E-state index in [1.165, 1.54) is 4.90 Å². The summed E-state index contributed by atoms with van der Waals surface area (Å²) in [6.45, 7) is 2.07. The fourth-order valence-corrected chi connectivity index (χ4v) is 7.45. The molecule has 0 saturated heterocycles. The van der Waals surface area contributed by atoms with E-state index in [1.807, 2.05) is 49.3 Å². The maximum Gasteiger partial charge on any atom is 0.235 e. The minimum atomic E-state index is -2.75. The summed E-state index contributed by atoms with van der Waals surface area (Å²) in [7, 11) is 6.79. The molecule has 3 aliphatic carbocycles. The van der Waals surface area contributed by atoms with E-state index in [9.17, 15) is 34.2 Å². The number of carbonyl (C=O) groups excluding carboxylic acids is 5. The van der Waals surface area contributed by atoms with Gasteiger partial charge in [0.1, 0.15) is 5.75 Å². The van der Waals surface area contributed by atoms with Gasteiger partial charge in [-0.05, 0) is 62.0 Å². The van der Waals surface area contributed by atoms with Crippen LogP contribution in [0.5, 0.6) is 5.75 Å². The third kappa shape index (κ3) is 4.19. The normalized spacial score (nSPS) is 28.8. The van der Waals surface area contributed by atoms with Crippen LogP contribution >= 0.6 is 0 Å². The summed E-state index contributed by atoms with van der Waals surface area (Å²) in [5, 5.41) is 23.4. The molecule has 3 aliphatic rings. The lowest BCUT2D eigenvalue weighted by Gasteiger charge is -2.52. The van der Waals surface area contributed by atoms with E-state index in [1.54, 1.807) is 14.1 Å². The molecule has 4 N–H and O–H groups in total. The Labute approximate surface area is 244 Å². The monoisotopic (exact) mass is 575 g/mol. The highest BCUT2D eigenvalue weighted by atomic mass is 16.3. The zero-order valence-electron chi connectivity index (χ0n) is 24.5. The fraction of sp³-hybridized carbons (Fsp3) is 0.469. The van der Waals surface area contributed by atoms with Crippen LogP contribution in [0, 0.1) is 23.7 Å². The highest BCUT2D eigenvalue weighted by molar-refractivity contribution is 6.32. The Kier molecular flexibility index (Phi) is 7.35. The number of carbonyl (C=O) groups is 5. The van der Waals surface area contributed by atoms with E-state index < -0.39 is 64.4 Å². The molecule has 2 aromatic rings. The summed E-state index contributed by atoms with van der Waals surface area (Å²) in [6, 6.07) is 8.39. The van der Waals surface area contributed by atoms with Gasteiger partial charge in [-0.15, -0.1) is 0 Å². The standard InChI is InChI=1S/C32H37N3O7/c1-6-8-15-9-7-10-16(11-15)18-14-21(34(2)3)19-12-17-13-20-25(35(4)5)28(38)24(31(33)41)30(40)32(20,42)29(39)22(17)27(37)23(19)26(18)36/h7,9-11,14,17,20,22,24-25,36,42H,6,8,12-13H2,1-5H3,(H2,33,41)/t17-,20-,22?,24?,25-,32-/m0/s1. The second-order valence-electron chi connectivity index (χ2n) is 12.3. The molecular formula is C32H37N3O7. The summed E-state index contributed by atoms with van der Waals surface area (Å²) < 4.78 is 0. The molecule has 0 spiro atoms. The number of aromatic hydroxyl groups is 1. The number of likely N-dealkylation sites (N-methyl/N-ethyl adjacent to an activating group) is 1. The van der Waals surface area contributed by atoms with Gasteiger partial charge >= 0.3 is 0 Å². The number of phenols is 1. The number of ketones is 4. The Morgan fingerprint density at radius 3 is 2.36 bits per heavy atom. The van der Waals surface area contributed by atoms with Crippen molar-refractivity contribution in [1.29, 1.82) is 0 Å². The highest BCUT2D eigenvalue weighted by Crippen LogP contribution is 2.53. The van der Waals surface area contributed by atoms with Crippen molar-refractivity contribution in [3.05, 3.63) is 47.0 Å². The van der Waals surface area contributed by atoms with Gasteiger partial charge in [0.25, 0.3) is 0 Å². The van der Waals surface area contributed by atoms with Gasteiger partial charge in [0, 0.05) is 31.3 Å². The van der Waals surface area contributed by atoms with Crippen LogP contribution in [0.2, 0.25) is 0 Å². The average Bonchev–Trinajstić information content (AvgIpc) is 2.90. The van der Waals surface area contributed by atoms with E-state index in [0.717, 1.165) is 18.4 Å². The number of fused-ring (bicyclic) bond motifs is 3. The molecule has 0 heterocycles. The Hall–Kier alpha value is -3.89. The molecular weight excluding hydrogens is 538 g/mol. The molecule has 2 unspecified atom stereocenters. The quantitative estimate of drug-likeness (QED) is 0.435. The van der Waals surface area contributed by atoms with Gasteiger partial charge in [-0.25, -0.2) is 0 Å². The van der Waals surface area contributed by atoms with Crippen molar-refractivity contribution >= 4 is 34.7 Å². The topological polar surface area (TPSA) is 158 Å². The smallest absolute Gasteiger partial charge is 0.235 e. The van der Waals surface area contributed by atoms with Gasteiger partial charge in [0.15, 0.2) is 34.7 Å². The summed E-state index contributed by atoms with van der Waals surface area (Å²) in [5.41, 5.74) is 6.14. The number of aryl methyl sites for hydroxylation is 1. The minimum absolute atomic E-state index is 0.0105. The summed E-state index contributed by atoms with van der Waals surface area (Å²) >= 11 is 0. The molecule has 0 bridgehead atoms. The van der Waals surface area contributed by atoms with Crippen LogP contribution in [0.15, 0.2) is 30.3 Å². The number of hydrogen-bond donors (Lipinski definition) is 3. The maximum atomic E-state index is 14.2. The lowest BCUT2D eigenvalue weighted by atomic mass is 9.52. The van der Waals surface area contributed by atoms with E-state index in [-0.39, 0.29) is 24.2 Å². The van der Waals surface area contributed by atoms with E-state index in [0.29, 0.717) is 22.4 Å². The first-order valence-electron chi connectivity index (χ1n) is 14.3. The van der Waals surface area contributed by atoms with Crippen LogP contribution in [0.1, 0.15) is 41.3 Å². The molecule has 222 valence electrons. The van der Waals surface area contributed by atoms with Crippen LogP contribution < -0.4 is 10.6 Å². The van der Waals surface area contributed by atoms with E-state index >= 15 is 0 Å². The molecule has 42 heavy (non-hydrogen) atoms. The highest BCUT2D eigenvalue weighted by Gasteiger charge is 2.69. The molecule has 0 aliphatic heterocycles. The van der Waals surface area contributed by atoms with Crippen molar-refractivity contribution in [2.75, 3.05) is 33.1 Å².